The van der Waals surface area contributed by atoms with Crippen molar-refractivity contribution in [2.75, 3.05) is 0 Å². The minimum Gasteiger partial charge on any atom is -0.144 e. The van der Waals surface area contributed by atoms with Crippen LogP contribution in [0, 0.1) is 6.92 Å². The molecule has 0 unspecified atom stereocenters. The monoisotopic (exact) mass is 322 g/mol. The molecule has 22 heavy (non-hydrogen) atoms. The van der Waals surface area contributed by atoms with E-state index in [2.05, 4.69) is 66.7 Å². The fraction of sp³-hybridized carbons (Fsp3) is 0.810. The summed E-state index contributed by atoms with van der Waals surface area (Å²) >= 11 is 2.07. The predicted octanol–water partition coefficient (Wildman–Crippen LogP) is 7.55. The summed E-state index contributed by atoms with van der Waals surface area (Å²) in [6.07, 6.45) is 9.59. The van der Waals surface area contributed by atoms with Gasteiger partial charge in [0.25, 0.3) is 0 Å². The molecule has 0 radical (unpaired) electrons. The van der Waals surface area contributed by atoms with Gasteiger partial charge in [0.05, 0.1) is 0 Å². The molecule has 0 nitrogen and oxygen atoms in total. The molecule has 1 heteroatoms. The maximum Gasteiger partial charge on any atom is 0.0137 e. The van der Waals surface area contributed by atoms with E-state index in [9.17, 15) is 0 Å². The van der Waals surface area contributed by atoms with Gasteiger partial charge in [-0.2, -0.15) is 0 Å². The summed E-state index contributed by atoms with van der Waals surface area (Å²) in [4.78, 5) is 3.22. The van der Waals surface area contributed by atoms with Gasteiger partial charge in [-0.05, 0) is 41.7 Å². The first-order valence-electron chi connectivity index (χ1n) is 9.22. The van der Waals surface area contributed by atoms with Crippen LogP contribution in [-0.4, -0.2) is 0 Å². The summed E-state index contributed by atoms with van der Waals surface area (Å²) in [5.41, 5.74) is 3.79. The fourth-order valence-electron chi connectivity index (χ4n) is 3.25. The third-order valence-electron chi connectivity index (χ3n) is 4.41. The van der Waals surface area contributed by atoms with E-state index in [0.717, 1.165) is 0 Å². The van der Waals surface area contributed by atoms with Crippen molar-refractivity contribution in [3.05, 3.63) is 20.9 Å². The van der Waals surface area contributed by atoms with Gasteiger partial charge >= 0.3 is 0 Å². The van der Waals surface area contributed by atoms with Crippen molar-refractivity contribution in [1.29, 1.82) is 0 Å². The predicted molar refractivity (Wildman–Crippen MR) is 104 cm³/mol. The lowest BCUT2D eigenvalue weighted by atomic mass is 9.85. The maximum atomic E-state index is 2.37. The van der Waals surface area contributed by atoms with Gasteiger partial charge in [0.1, 0.15) is 0 Å². The Labute approximate surface area is 143 Å². The Balaban J connectivity index is 2.86. The summed E-state index contributed by atoms with van der Waals surface area (Å²) in [6, 6.07) is 0. The highest BCUT2D eigenvalue weighted by atomic mass is 32.1. The van der Waals surface area contributed by atoms with E-state index < -0.39 is 0 Å². The van der Waals surface area contributed by atoms with Crippen molar-refractivity contribution >= 4 is 11.3 Å². The summed E-state index contributed by atoms with van der Waals surface area (Å²) in [6.45, 7) is 18.8. The molecular formula is C21H38S. The first-order chi connectivity index (χ1) is 10.1. The lowest BCUT2D eigenvalue weighted by Crippen LogP contribution is -2.11. The second-order valence-electron chi connectivity index (χ2n) is 8.88. The van der Waals surface area contributed by atoms with Crippen LogP contribution < -0.4 is 0 Å². The highest BCUT2D eigenvalue weighted by molar-refractivity contribution is 7.12. The zero-order valence-corrected chi connectivity index (χ0v) is 17.2. The summed E-state index contributed by atoms with van der Waals surface area (Å²) < 4.78 is 0. The average molecular weight is 323 g/mol. The Morgan fingerprint density at radius 2 is 1.23 bits per heavy atom. The average Bonchev–Trinajstić information content (AvgIpc) is 2.71. The van der Waals surface area contributed by atoms with Gasteiger partial charge in [0.15, 0.2) is 0 Å². The minimum atomic E-state index is 0.272. The van der Waals surface area contributed by atoms with Crippen molar-refractivity contribution in [2.24, 2.45) is 0 Å². The molecule has 0 atom stereocenters. The van der Waals surface area contributed by atoms with Crippen LogP contribution in [0.2, 0.25) is 0 Å². The summed E-state index contributed by atoms with van der Waals surface area (Å²) in [7, 11) is 0. The van der Waals surface area contributed by atoms with Crippen LogP contribution >= 0.6 is 11.3 Å². The summed E-state index contributed by atoms with van der Waals surface area (Å²) in [5, 5.41) is 0. The molecule has 0 aliphatic rings. The number of rotatable bonds is 7. The molecular weight excluding hydrogens is 284 g/mol. The van der Waals surface area contributed by atoms with E-state index >= 15 is 0 Å². The molecule has 0 saturated carbocycles. The highest BCUT2D eigenvalue weighted by Crippen LogP contribution is 2.42. The normalized spacial score (nSPS) is 12.9. The Morgan fingerprint density at radius 3 is 1.73 bits per heavy atom. The molecule has 0 N–H and O–H groups in total. The number of hydrogen-bond donors (Lipinski definition) is 0. The van der Waals surface area contributed by atoms with Crippen LogP contribution in [-0.2, 0) is 17.3 Å². The molecule has 0 aliphatic heterocycles. The quantitative estimate of drug-likeness (QED) is 0.454. The second kappa shape index (κ2) is 7.99. The van der Waals surface area contributed by atoms with Crippen LogP contribution in [0.15, 0.2) is 0 Å². The Bertz CT molecular complexity index is 451. The zero-order chi connectivity index (χ0) is 17.0. The van der Waals surface area contributed by atoms with Crippen molar-refractivity contribution < 1.29 is 0 Å². The smallest absolute Gasteiger partial charge is 0.0137 e. The second-order valence-corrected chi connectivity index (χ2v) is 9.90. The van der Waals surface area contributed by atoms with Crippen molar-refractivity contribution in [3.63, 3.8) is 0 Å². The molecule has 0 amide bonds. The van der Waals surface area contributed by atoms with E-state index in [-0.39, 0.29) is 10.8 Å². The van der Waals surface area contributed by atoms with E-state index in [1.807, 2.05) is 0 Å². The molecule has 0 spiro atoms. The van der Waals surface area contributed by atoms with E-state index in [4.69, 9.17) is 0 Å². The number of hydrogen-bond acceptors (Lipinski definition) is 1. The molecule has 0 saturated heterocycles. The first kappa shape index (κ1) is 19.7. The standard InChI is InChI=1S/C21H38S/c1-9-10-11-12-13-14-15-17-16(2)18(20(3,4)5)22-19(17)21(6,7)8/h9-15H2,1-8H3. The minimum absolute atomic E-state index is 0.272. The molecule has 0 fully saturated rings. The highest BCUT2D eigenvalue weighted by Gasteiger charge is 2.28. The van der Waals surface area contributed by atoms with Crippen molar-refractivity contribution in [3.8, 4) is 0 Å². The number of unbranched alkanes of at least 4 members (excludes halogenated alkanes) is 5. The van der Waals surface area contributed by atoms with Crippen LogP contribution in [0.5, 0.6) is 0 Å². The lowest BCUT2D eigenvalue weighted by Gasteiger charge is -2.19. The molecule has 1 rings (SSSR count). The molecule has 1 aromatic rings. The fourth-order valence-corrected chi connectivity index (χ4v) is 4.72. The first-order valence-corrected chi connectivity index (χ1v) is 10.0. The third-order valence-corrected chi connectivity index (χ3v) is 6.60. The van der Waals surface area contributed by atoms with Gasteiger partial charge < -0.3 is 0 Å². The van der Waals surface area contributed by atoms with Gasteiger partial charge in [-0.25, -0.2) is 0 Å². The maximum absolute atomic E-state index is 2.37. The van der Waals surface area contributed by atoms with Gasteiger partial charge in [-0.1, -0.05) is 80.6 Å². The van der Waals surface area contributed by atoms with Crippen LogP contribution in [0.3, 0.4) is 0 Å². The third kappa shape index (κ3) is 5.41. The van der Waals surface area contributed by atoms with Crippen molar-refractivity contribution in [2.45, 2.75) is 111 Å². The van der Waals surface area contributed by atoms with Gasteiger partial charge in [0, 0.05) is 9.75 Å². The molecule has 1 aromatic heterocycles. The lowest BCUT2D eigenvalue weighted by molar-refractivity contribution is 0.580. The Hall–Kier alpha value is -0.300. The molecule has 1 heterocycles. The van der Waals surface area contributed by atoms with E-state index in [1.54, 1.807) is 20.9 Å². The molecule has 0 aliphatic carbocycles. The Morgan fingerprint density at radius 1 is 0.727 bits per heavy atom. The van der Waals surface area contributed by atoms with Crippen LogP contribution in [0.25, 0.3) is 0 Å². The van der Waals surface area contributed by atoms with Crippen LogP contribution in [0.4, 0.5) is 0 Å². The SMILES string of the molecule is CCCCCCCCc1c(C(C)(C)C)sc(C(C)(C)C)c1C. The zero-order valence-electron chi connectivity index (χ0n) is 16.4. The van der Waals surface area contributed by atoms with Gasteiger partial charge in [-0.15, -0.1) is 11.3 Å². The molecule has 128 valence electrons. The molecule has 0 bridgehead atoms. The largest absolute Gasteiger partial charge is 0.144 e. The molecule has 0 aromatic carbocycles. The number of thiophene rings is 1. The van der Waals surface area contributed by atoms with Gasteiger partial charge in [-0.3, -0.25) is 0 Å². The van der Waals surface area contributed by atoms with Crippen molar-refractivity contribution in [1.82, 2.24) is 0 Å². The van der Waals surface area contributed by atoms with E-state index in [0.29, 0.717) is 0 Å². The van der Waals surface area contributed by atoms with Crippen LogP contribution in [0.1, 0.15) is 108 Å². The van der Waals surface area contributed by atoms with E-state index in [1.165, 1.54) is 44.9 Å². The Kier molecular flexibility index (Phi) is 7.18. The topological polar surface area (TPSA) is 0 Å². The summed E-state index contributed by atoms with van der Waals surface area (Å²) in [5.74, 6) is 0. The van der Waals surface area contributed by atoms with Gasteiger partial charge in [0.2, 0.25) is 0 Å².